The van der Waals surface area contributed by atoms with Gasteiger partial charge in [-0.15, -0.1) is 0 Å². The van der Waals surface area contributed by atoms with Gasteiger partial charge >= 0.3 is 5.97 Å². The molecule has 0 aromatic heterocycles. The first-order valence-corrected chi connectivity index (χ1v) is 6.12. The lowest BCUT2D eigenvalue weighted by molar-refractivity contribution is -0.147. The van der Waals surface area contributed by atoms with E-state index in [1.54, 1.807) is 0 Å². The summed E-state index contributed by atoms with van der Waals surface area (Å²) >= 11 is 0. The summed E-state index contributed by atoms with van der Waals surface area (Å²) in [6, 6.07) is 0.256. The van der Waals surface area contributed by atoms with Crippen molar-refractivity contribution < 1.29 is 9.53 Å². The van der Waals surface area contributed by atoms with Crippen LogP contribution in [0.5, 0.6) is 0 Å². The minimum absolute atomic E-state index is 0.0561. The normalized spacial score (nSPS) is 22.8. The largest absolute Gasteiger partial charge is 0.469 e. The number of carbonyl (C=O) groups excluding carboxylic acids is 1. The molecule has 0 aromatic carbocycles. The van der Waals surface area contributed by atoms with E-state index >= 15 is 0 Å². The van der Waals surface area contributed by atoms with Crippen LogP contribution in [-0.2, 0) is 9.53 Å². The number of carbonyl (C=O) groups is 1. The molecule has 4 heteroatoms. The van der Waals surface area contributed by atoms with Crippen LogP contribution in [0.1, 0.15) is 26.7 Å². The lowest BCUT2D eigenvalue weighted by Crippen LogP contribution is -2.45. The van der Waals surface area contributed by atoms with E-state index < -0.39 is 0 Å². The molecule has 94 valence electrons. The highest BCUT2D eigenvalue weighted by Gasteiger charge is 2.28. The zero-order chi connectivity index (χ0) is 12.1. The van der Waals surface area contributed by atoms with Crippen molar-refractivity contribution in [3.63, 3.8) is 0 Å². The maximum Gasteiger partial charge on any atom is 0.309 e. The fourth-order valence-corrected chi connectivity index (χ4v) is 2.29. The number of nitrogens with zero attached hydrogens (tertiary/aromatic N) is 1. The molecule has 1 heterocycles. The fourth-order valence-electron chi connectivity index (χ4n) is 2.29. The molecular formula is C12H24N2O2. The van der Waals surface area contributed by atoms with E-state index in [9.17, 15) is 4.79 Å². The van der Waals surface area contributed by atoms with Crippen LogP contribution in [0.25, 0.3) is 0 Å². The number of esters is 1. The van der Waals surface area contributed by atoms with Gasteiger partial charge in [0.15, 0.2) is 0 Å². The highest BCUT2D eigenvalue weighted by Crippen LogP contribution is 2.21. The standard InChI is InChI=1S/C12H24N2O2/c1-9(12(15)16-3)10(2)14-6-4-11(8-13)5-7-14/h9-11H,4-8,13H2,1-3H3. The zero-order valence-electron chi connectivity index (χ0n) is 10.6. The van der Waals surface area contributed by atoms with Gasteiger partial charge in [-0.2, -0.15) is 0 Å². The molecule has 2 N–H and O–H groups in total. The number of nitrogens with two attached hydrogens (primary N) is 1. The third-order valence-corrected chi connectivity index (χ3v) is 3.85. The molecule has 0 aromatic rings. The molecule has 4 nitrogen and oxygen atoms in total. The fraction of sp³-hybridized carbons (Fsp3) is 0.917. The Morgan fingerprint density at radius 1 is 1.44 bits per heavy atom. The first-order chi connectivity index (χ1) is 7.60. The second-order valence-electron chi connectivity index (χ2n) is 4.77. The molecule has 1 fully saturated rings. The molecule has 1 aliphatic heterocycles. The van der Waals surface area contributed by atoms with Crippen molar-refractivity contribution in [1.82, 2.24) is 4.90 Å². The summed E-state index contributed by atoms with van der Waals surface area (Å²) in [5.74, 6) is 0.491. The quantitative estimate of drug-likeness (QED) is 0.725. The Kier molecular flexibility index (Phi) is 5.22. The summed E-state index contributed by atoms with van der Waals surface area (Å²) in [4.78, 5) is 13.8. The number of hydrogen-bond donors (Lipinski definition) is 1. The number of rotatable bonds is 4. The van der Waals surface area contributed by atoms with Crippen LogP contribution < -0.4 is 5.73 Å². The lowest BCUT2D eigenvalue weighted by atomic mass is 9.93. The molecule has 1 rings (SSSR count). The van der Waals surface area contributed by atoms with Crippen LogP contribution in [0.3, 0.4) is 0 Å². The minimum atomic E-state index is -0.117. The maximum absolute atomic E-state index is 11.4. The Bertz CT molecular complexity index is 225. The molecule has 2 atom stereocenters. The summed E-state index contributed by atoms with van der Waals surface area (Å²) in [6.45, 7) is 6.92. The molecule has 1 saturated heterocycles. The van der Waals surface area contributed by atoms with E-state index in [-0.39, 0.29) is 17.9 Å². The van der Waals surface area contributed by atoms with Crippen molar-refractivity contribution in [3.05, 3.63) is 0 Å². The van der Waals surface area contributed by atoms with Crippen LogP contribution in [0.15, 0.2) is 0 Å². The SMILES string of the molecule is COC(=O)C(C)C(C)N1CCC(CN)CC1. The summed E-state index contributed by atoms with van der Waals surface area (Å²) in [5.41, 5.74) is 5.66. The van der Waals surface area contributed by atoms with Gasteiger partial charge in [-0.25, -0.2) is 0 Å². The molecule has 0 saturated carbocycles. The number of methoxy groups -OCH3 is 1. The van der Waals surface area contributed by atoms with E-state index in [0.717, 1.165) is 32.5 Å². The molecule has 0 bridgehead atoms. The monoisotopic (exact) mass is 228 g/mol. The number of likely N-dealkylation sites (tertiary alicyclic amines) is 1. The average Bonchev–Trinajstić information content (AvgIpc) is 2.36. The Hall–Kier alpha value is -0.610. The number of ether oxygens (including phenoxy) is 1. The van der Waals surface area contributed by atoms with Crippen LogP contribution in [-0.4, -0.2) is 43.7 Å². The predicted molar refractivity (Wildman–Crippen MR) is 64.0 cm³/mol. The molecule has 1 aliphatic rings. The molecule has 2 unspecified atom stereocenters. The molecule has 0 spiro atoms. The molecule has 16 heavy (non-hydrogen) atoms. The van der Waals surface area contributed by atoms with Crippen LogP contribution in [0.4, 0.5) is 0 Å². The highest BCUT2D eigenvalue weighted by molar-refractivity contribution is 5.72. The summed E-state index contributed by atoms with van der Waals surface area (Å²) in [7, 11) is 1.45. The van der Waals surface area contributed by atoms with Crippen molar-refractivity contribution in [2.75, 3.05) is 26.7 Å². The van der Waals surface area contributed by atoms with Gasteiger partial charge < -0.3 is 10.5 Å². The van der Waals surface area contributed by atoms with Gasteiger partial charge in [-0.05, 0) is 45.3 Å². The number of piperidine rings is 1. The Morgan fingerprint density at radius 2 is 2.00 bits per heavy atom. The maximum atomic E-state index is 11.4. The lowest BCUT2D eigenvalue weighted by Gasteiger charge is -2.37. The summed E-state index contributed by atoms with van der Waals surface area (Å²) < 4.78 is 4.78. The van der Waals surface area contributed by atoms with E-state index in [2.05, 4.69) is 11.8 Å². The Labute approximate surface area is 98.1 Å². The molecular weight excluding hydrogens is 204 g/mol. The van der Waals surface area contributed by atoms with Crippen molar-refractivity contribution in [2.24, 2.45) is 17.6 Å². The van der Waals surface area contributed by atoms with Gasteiger partial charge in [0.1, 0.15) is 0 Å². The second kappa shape index (κ2) is 6.21. The molecule has 0 radical (unpaired) electrons. The summed E-state index contributed by atoms with van der Waals surface area (Å²) in [6.07, 6.45) is 2.30. The van der Waals surface area contributed by atoms with Gasteiger partial charge in [0.05, 0.1) is 13.0 Å². The molecule has 0 amide bonds. The predicted octanol–water partition coefficient (Wildman–Crippen LogP) is 0.855. The molecule has 0 aliphatic carbocycles. The highest BCUT2D eigenvalue weighted by atomic mass is 16.5. The first-order valence-electron chi connectivity index (χ1n) is 6.12. The smallest absolute Gasteiger partial charge is 0.309 e. The van der Waals surface area contributed by atoms with Gasteiger partial charge in [-0.1, -0.05) is 6.92 Å². The van der Waals surface area contributed by atoms with Crippen LogP contribution >= 0.6 is 0 Å². The van der Waals surface area contributed by atoms with Gasteiger partial charge in [0, 0.05) is 6.04 Å². The van der Waals surface area contributed by atoms with Crippen molar-refractivity contribution >= 4 is 5.97 Å². The summed E-state index contributed by atoms with van der Waals surface area (Å²) in [5, 5.41) is 0. The third-order valence-electron chi connectivity index (χ3n) is 3.85. The number of hydrogen-bond acceptors (Lipinski definition) is 4. The zero-order valence-corrected chi connectivity index (χ0v) is 10.6. The van der Waals surface area contributed by atoms with E-state index in [1.165, 1.54) is 7.11 Å². The topological polar surface area (TPSA) is 55.6 Å². The Morgan fingerprint density at radius 3 is 2.44 bits per heavy atom. The van der Waals surface area contributed by atoms with E-state index in [1.807, 2.05) is 6.92 Å². The van der Waals surface area contributed by atoms with Gasteiger partial charge in [-0.3, -0.25) is 9.69 Å². The first kappa shape index (κ1) is 13.5. The van der Waals surface area contributed by atoms with E-state index in [4.69, 9.17) is 10.5 Å². The van der Waals surface area contributed by atoms with Crippen LogP contribution in [0, 0.1) is 11.8 Å². The minimum Gasteiger partial charge on any atom is -0.469 e. The second-order valence-corrected chi connectivity index (χ2v) is 4.77. The van der Waals surface area contributed by atoms with Crippen LogP contribution in [0.2, 0.25) is 0 Å². The van der Waals surface area contributed by atoms with E-state index in [0.29, 0.717) is 5.92 Å². The van der Waals surface area contributed by atoms with Gasteiger partial charge in [0.25, 0.3) is 0 Å². The van der Waals surface area contributed by atoms with Crippen molar-refractivity contribution in [2.45, 2.75) is 32.7 Å². The average molecular weight is 228 g/mol. The van der Waals surface area contributed by atoms with Crippen molar-refractivity contribution in [1.29, 1.82) is 0 Å². The third kappa shape index (κ3) is 3.19. The Balaban J connectivity index is 2.43. The van der Waals surface area contributed by atoms with Crippen molar-refractivity contribution in [3.8, 4) is 0 Å². The van der Waals surface area contributed by atoms with Gasteiger partial charge in [0.2, 0.25) is 0 Å².